The third kappa shape index (κ3) is 4.78. The zero-order chi connectivity index (χ0) is 11.5. The predicted octanol–water partition coefficient (Wildman–Crippen LogP) is 3.05. The van der Waals surface area contributed by atoms with E-state index in [4.69, 9.17) is 4.74 Å². The van der Waals surface area contributed by atoms with Crippen LogP contribution < -0.4 is 0 Å². The van der Waals surface area contributed by atoms with E-state index in [1.165, 1.54) is 0 Å². The lowest BCUT2D eigenvalue weighted by Gasteiger charge is -2.23. The Hall–Kier alpha value is -0.370. The largest absolute Gasteiger partial charge is 0.381 e. The Morgan fingerprint density at radius 3 is 2.60 bits per heavy atom. The molecule has 1 rings (SSSR count). The van der Waals surface area contributed by atoms with Gasteiger partial charge in [-0.25, -0.2) is 0 Å². The van der Waals surface area contributed by atoms with Crippen LogP contribution in [0.2, 0.25) is 0 Å². The van der Waals surface area contributed by atoms with Gasteiger partial charge in [-0.2, -0.15) is 0 Å². The van der Waals surface area contributed by atoms with Gasteiger partial charge >= 0.3 is 0 Å². The Morgan fingerprint density at radius 1 is 1.47 bits per heavy atom. The fourth-order valence-corrected chi connectivity index (χ4v) is 2.42. The van der Waals surface area contributed by atoms with Crippen LogP contribution in [0.25, 0.3) is 0 Å². The molecule has 0 amide bonds. The molecule has 1 heterocycles. The molecule has 2 nitrogen and oxygen atoms in total. The molecule has 1 fully saturated rings. The molecule has 1 saturated heterocycles. The minimum Gasteiger partial charge on any atom is -0.381 e. The smallest absolute Gasteiger partial charge is 0.138 e. The number of carbonyl (C=O) groups excluding carboxylic acids is 1. The van der Waals surface area contributed by atoms with Crippen LogP contribution in [0.1, 0.15) is 47.0 Å². The van der Waals surface area contributed by atoms with Crippen LogP contribution in [-0.4, -0.2) is 19.0 Å². The second-order valence-corrected chi connectivity index (χ2v) is 6.10. The van der Waals surface area contributed by atoms with E-state index in [1.807, 2.05) is 0 Å². The highest BCUT2D eigenvalue weighted by Crippen LogP contribution is 2.27. The lowest BCUT2D eigenvalue weighted by molar-refractivity contribution is -0.123. The number of ketones is 1. The van der Waals surface area contributed by atoms with E-state index in [9.17, 15) is 4.79 Å². The van der Waals surface area contributed by atoms with Crippen molar-refractivity contribution < 1.29 is 9.53 Å². The molecule has 2 unspecified atom stereocenters. The lowest BCUT2D eigenvalue weighted by Crippen LogP contribution is -2.20. The van der Waals surface area contributed by atoms with Crippen LogP contribution in [0.4, 0.5) is 0 Å². The van der Waals surface area contributed by atoms with Gasteiger partial charge in [0.2, 0.25) is 0 Å². The van der Waals surface area contributed by atoms with Crippen molar-refractivity contribution in [1.82, 2.24) is 0 Å². The molecule has 0 aromatic heterocycles. The number of Topliss-reactive ketones (excluding diaryl/α,β-unsaturated/α-hetero) is 1. The molecule has 0 radical (unpaired) electrons. The summed E-state index contributed by atoms with van der Waals surface area (Å²) < 4.78 is 5.24. The Bertz CT molecular complexity index is 209. The first-order valence-electron chi connectivity index (χ1n) is 5.99. The zero-order valence-corrected chi connectivity index (χ0v) is 10.5. The van der Waals surface area contributed by atoms with Gasteiger partial charge in [0.1, 0.15) is 5.78 Å². The SMILES string of the molecule is CC(CC(=O)C1CCOC1)CC(C)(C)C. The van der Waals surface area contributed by atoms with Gasteiger partial charge in [0.25, 0.3) is 0 Å². The van der Waals surface area contributed by atoms with Crippen LogP contribution >= 0.6 is 0 Å². The van der Waals surface area contributed by atoms with Crippen molar-refractivity contribution in [2.45, 2.75) is 47.0 Å². The number of carbonyl (C=O) groups is 1. The van der Waals surface area contributed by atoms with Crippen LogP contribution in [0, 0.1) is 17.3 Å². The molecule has 0 N–H and O–H groups in total. The third-order valence-corrected chi connectivity index (χ3v) is 2.90. The number of hydrogen-bond acceptors (Lipinski definition) is 2. The minimum atomic E-state index is 0.187. The van der Waals surface area contributed by atoms with Crippen LogP contribution in [0.3, 0.4) is 0 Å². The highest BCUT2D eigenvalue weighted by Gasteiger charge is 2.25. The molecule has 88 valence electrons. The zero-order valence-electron chi connectivity index (χ0n) is 10.5. The molecule has 15 heavy (non-hydrogen) atoms. The summed E-state index contributed by atoms with van der Waals surface area (Å²) in [5.74, 6) is 1.09. The van der Waals surface area contributed by atoms with Gasteiger partial charge in [0.05, 0.1) is 6.61 Å². The van der Waals surface area contributed by atoms with Crippen molar-refractivity contribution in [1.29, 1.82) is 0 Å². The normalized spacial score (nSPS) is 24.1. The van der Waals surface area contributed by atoms with E-state index < -0.39 is 0 Å². The Kier molecular flexibility index (Phi) is 4.32. The first-order chi connectivity index (χ1) is 6.88. The van der Waals surface area contributed by atoms with Gasteiger partial charge in [-0.15, -0.1) is 0 Å². The maximum Gasteiger partial charge on any atom is 0.138 e. The Balaban J connectivity index is 2.30. The van der Waals surface area contributed by atoms with E-state index in [1.54, 1.807) is 0 Å². The second-order valence-electron chi connectivity index (χ2n) is 6.10. The fourth-order valence-electron chi connectivity index (χ4n) is 2.42. The highest BCUT2D eigenvalue weighted by atomic mass is 16.5. The van der Waals surface area contributed by atoms with Crippen molar-refractivity contribution in [3.05, 3.63) is 0 Å². The topological polar surface area (TPSA) is 26.3 Å². The molecule has 1 aliphatic heterocycles. The Morgan fingerprint density at radius 2 is 2.13 bits per heavy atom. The molecular weight excluding hydrogens is 188 g/mol. The van der Waals surface area contributed by atoms with Crippen LogP contribution in [-0.2, 0) is 9.53 Å². The van der Waals surface area contributed by atoms with Crippen LogP contribution in [0.15, 0.2) is 0 Å². The van der Waals surface area contributed by atoms with Gasteiger partial charge in [0, 0.05) is 18.9 Å². The summed E-state index contributed by atoms with van der Waals surface area (Å²) in [4.78, 5) is 11.9. The predicted molar refractivity (Wildman–Crippen MR) is 61.8 cm³/mol. The van der Waals surface area contributed by atoms with Crippen molar-refractivity contribution in [3.8, 4) is 0 Å². The molecule has 2 heteroatoms. The monoisotopic (exact) mass is 212 g/mol. The van der Waals surface area contributed by atoms with E-state index in [2.05, 4.69) is 27.7 Å². The molecule has 0 saturated carbocycles. The summed E-state index contributed by atoms with van der Waals surface area (Å²) in [6.07, 6.45) is 2.78. The molecular formula is C13H24O2. The average molecular weight is 212 g/mol. The summed E-state index contributed by atoms with van der Waals surface area (Å²) in [5, 5.41) is 0. The average Bonchev–Trinajstić information content (AvgIpc) is 2.50. The summed E-state index contributed by atoms with van der Waals surface area (Å²) in [5.41, 5.74) is 0.325. The van der Waals surface area contributed by atoms with E-state index in [0.29, 0.717) is 23.7 Å². The Labute approximate surface area is 93.4 Å². The first kappa shape index (κ1) is 12.7. The summed E-state index contributed by atoms with van der Waals surface area (Å²) >= 11 is 0. The second kappa shape index (κ2) is 5.11. The highest BCUT2D eigenvalue weighted by molar-refractivity contribution is 5.81. The lowest BCUT2D eigenvalue weighted by atomic mass is 9.82. The van der Waals surface area contributed by atoms with Crippen LogP contribution in [0.5, 0.6) is 0 Å². The summed E-state index contributed by atoms with van der Waals surface area (Å²) in [6.45, 7) is 10.3. The number of rotatable bonds is 4. The van der Waals surface area contributed by atoms with Gasteiger partial charge in [-0.05, 0) is 24.2 Å². The van der Waals surface area contributed by atoms with Crippen molar-refractivity contribution in [2.75, 3.05) is 13.2 Å². The summed E-state index contributed by atoms with van der Waals surface area (Å²) in [6, 6.07) is 0. The number of ether oxygens (including phenoxy) is 1. The molecule has 0 aromatic rings. The molecule has 1 aliphatic rings. The van der Waals surface area contributed by atoms with E-state index in [-0.39, 0.29) is 5.92 Å². The van der Waals surface area contributed by atoms with Gasteiger partial charge < -0.3 is 4.74 Å². The maximum atomic E-state index is 11.9. The fraction of sp³-hybridized carbons (Fsp3) is 0.923. The van der Waals surface area contributed by atoms with Crippen molar-refractivity contribution in [2.24, 2.45) is 17.3 Å². The molecule has 2 atom stereocenters. The molecule has 0 aliphatic carbocycles. The molecule has 0 aromatic carbocycles. The quantitative estimate of drug-likeness (QED) is 0.716. The van der Waals surface area contributed by atoms with Crippen molar-refractivity contribution in [3.63, 3.8) is 0 Å². The van der Waals surface area contributed by atoms with Gasteiger partial charge in [-0.1, -0.05) is 27.7 Å². The van der Waals surface area contributed by atoms with Gasteiger partial charge in [0.15, 0.2) is 0 Å². The molecule has 0 spiro atoms. The molecule has 0 bridgehead atoms. The van der Waals surface area contributed by atoms with Gasteiger partial charge in [-0.3, -0.25) is 4.79 Å². The minimum absolute atomic E-state index is 0.187. The summed E-state index contributed by atoms with van der Waals surface area (Å²) in [7, 11) is 0. The maximum absolute atomic E-state index is 11.9. The first-order valence-corrected chi connectivity index (χ1v) is 5.99. The van der Waals surface area contributed by atoms with E-state index >= 15 is 0 Å². The number of hydrogen-bond donors (Lipinski definition) is 0. The third-order valence-electron chi connectivity index (χ3n) is 2.90. The van der Waals surface area contributed by atoms with E-state index in [0.717, 1.165) is 25.9 Å². The van der Waals surface area contributed by atoms with Crippen molar-refractivity contribution >= 4 is 5.78 Å². The standard InChI is InChI=1S/C13H24O2/c1-10(8-13(2,3)4)7-12(14)11-5-6-15-9-11/h10-11H,5-9H2,1-4H3.